The topological polar surface area (TPSA) is 90.9 Å². The molecule has 0 heterocycles. The van der Waals surface area contributed by atoms with Crippen LogP contribution >= 0.6 is 15.9 Å². The molecule has 0 spiro atoms. The zero-order valence-electron chi connectivity index (χ0n) is 17.9. The summed E-state index contributed by atoms with van der Waals surface area (Å²) in [5.74, 6) is 2.19. The summed E-state index contributed by atoms with van der Waals surface area (Å²) in [5, 5.41) is 0. The van der Waals surface area contributed by atoms with E-state index in [0.29, 0.717) is 34.8 Å². The third-order valence-electron chi connectivity index (χ3n) is 3.40. The number of halogens is 1. The molecule has 0 aliphatic carbocycles. The molecule has 9 nitrogen and oxygen atoms in total. The average Bonchev–Trinajstić information content (AvgIpc) is 2.80. The summed E-state index contributed by atoms with van der Waals surface area (Å²) in [6.45, 7) is 0.557. The molecule has 0 saturated heterocycles. The van der Waals surface area contributed by atoms with Crippen LogP contribution < -0.4 is 18.9 Å². The minimum atomic E-state index is 0.0779. The number of ether oxygens (including phenoxy) is 8. The van der Waals surface area contributed by atoms with Gasteiger partial charge in [-0.25, -0.2) is 0 Å². The molecule has 0 radical (unpaired) electrons. The summed E-state index contributed by atoms with van der Waals surface area (Å²) in [5.41, 5.74) is 0.344. The van der Waals surface area contributed by atoms with Crippen molar-refractivity contribution in [3.63, 3.8) is 0 Å². The molecule has 0 saturated carbocycles. The second-order valence-corrected chi connectivity index (χ2v) is 6.35. The van der Waals surface area contributed by atoms with Crippen molar-refractivity contribution in [2.24, 2.45) is 0 Å². The second-order valence-electron chi connectivity index (χ2n) is 5.56. The number of carbonyl (C=O) groups excluding carboxylic acids is 1. The van der Waals surface area contributed by atoms with Crippen molar-refractivity contribution in [3.05, 3.63) is 46.4 Å². The summed E-state index contributed by atoms with van der Waals surface area (Å²) in [4.78, 5) is 10.9. The van der Waals surface area contributed by atoms with Crippen molar-refractivity contribution >= 4 is 22.2 Å². The predicted octanol–water partition coefficient (Wildman–Crippen LogP) is 3.88. The Bertz CT molecular complexity index is 718. The van der Waals surface area contributed by atoms with Crippen LogP contribution in [0.2, 0.25) is 0 Å². The van der Waals surface area contributed by atoms with Crippen molar-refractivity contribution < 1.29 is 42.7 Å². The van der Waals surface area contributed by atoms with Crippen LogP contribution in [0.15, 0.2) is 40.9 Å². The monoisotopic (exact) mass is 502 g/mol. The molecule has 0 bridgehead atoms. The van der Waals surface area contributed by atoms with Gasteiger partial charge in [0.05, 0.1) is 5.56 Å². The normalized spacial score (nSPS) is 9.97. The lowest BCUT2D eigenvalue weighted by molar-refractivity contribution is 0.0446. The smallest absolute Gasteiger partial charge is 0.188 e. The molecule has 0 aliphatic heterocycles. The van der Waals surface area contributed by atoms with Gasteiger partial charge in [-0.05, 0) is 40.2 Å². The number of methoxy groups -OCH3 is 4. The van der Waals surface area contributed by atoms with Crippen LogP contribution in [0.25, 0.3) is 0 Å². The molecular formula is C21H27BrO9. The van der Waals surface area contributed by atoms with E-state index in [-0.39, 0.29) is 27.2 Å². The first-order chi connectivity index (χ1) is 15.1. The van der Waals surface area contributed by atoms with Crippen LogP contribution in [0.3, 0.4) is 0 Å². The van der Waals surface area contributed by atoms with Gasteiger partial charge in [0.1, 0.15) is 27.5 Å². The fourth-order valence-electron chi connectivity index (χ4n) is 2.10. The molecule has 2 aromatic carbocycles. The van der Waals surface area contributed by atoms with E-state index in [0.717, 1.165) is 4.47 Å². The average molecular weight is 503 g/mol. The molecular weight excluding hydrogens is 476 g/mol. The molecule has 0 aliphatic rings. The summed E-state index contributed by atoms with van der Waals surface area (Å²) >= 11 is 3.38. The van der Waals surface area contributed by atoms with Gasteiger partial charge < -0.3 is 37.9 Å². The van der Waals surface area contributed by atoms with E-state index >= 15 is 0 Å². The Balaban J connectivity index is 0.000000311. The van der Waals surface area contributed by atoms with E-state index in [2.05, 4.69) is 15.9 Å². The Morgan fingerprint density at radius 2 is 0.968 bits per heavy atom. The Hall–Kier alpha value is -2.37. The minimum absolute atomic E-state index is 0.0779. The quantitative estimate of drug-likeness (QED) is 0.298. The maximum absolute atomic E-state index is 10.9. The second kappa shape index (κ2) is 16.3. The summed E-state index contributed by atoms with van der Waals surface area (Å²) in [6.07, 6.45) is 0.677. The molecule has 2 aromatic rings. The third kappa shape index (κ3) is 9.53. The molecule has 0 unspecified atom stereocenters. The highest BCUT2D eigenvalue weighted by Crippen LogP contribution is 2.34. The van der Waals surface area contributed by atoms with Crippen molar-refractivity contribution in [1.82, 2.24) is 0 Å². The van der Waals surface area contributed by atoms with Crippen LogP contribution in [0.5, 0.6) is 23.0 Å². The number of hydrogen-bond acceptors (Lipinski definition) is 9. The zero-order chi connectivity index (χ0) is 22.9. The fraction of sp³-hybridized carbons (Fsp3) is 0.381. The number of rotatable bonds is 13. The first-order valence-electron chi connectivity index (χ1n) is 8.96. The van der Waals surface area contributed by atoms with Gasteiger partial charge in [-0.2, -0.15) is 0 Å². The van der Waals surface area contributed by atoms with Gasteiger partial charge in [-0.1, -0.05) is 12.1 Å². The largest absolute Gasteiger partial charge is 0.467 e. The van der Waals surface area contributed by atoms with Gasteiger partial charge in [-0.3, -0.25) is 4.79 Å². The van der Waals surface area contributed by atoms with Gasteiger partial charge >= 0.3 is 0 Å². The van der Waals surface area contributed by atoms with E-state index in [1.807, 2.05) is 18.2 Å². The number of carbonyl (C=O) groups is 1. The molecule has 0 N–H and O–H groups in total. The highest BCUT2D eigenvalue weighted by Gasteiger charge is 2.10. The van der Waals surface area contributed by atoms with E-state index < -0.39 is 0 Å². The summed E-state index contributed by atoms with van der Waals surface area (Å²) < 4.78 is 41.0. The van der Waals surface area contributed by atoms with E-state index in [4.69, 9.17) is 37.9 Å². The summed E-state index contributed by atoms with van der Waals surface area (Å²) in [6, 6.07) is 10.5. The Labute approximate surface area is 190 Å². The van der Waals surface area contributed by atoms with E-state index in [1.54, 1.807) is 32.4 Å². The molecule has 0 atom stereocenters. The van der Waals surface area contributed by atoms with Crippen molar-refractivity contribution in [1.29, 1.82) is 0 Å². The number of hydrogen-bond donors (Lipinski definition) is 0. The van der Waals surface area contributed by atoms with Gasteiger partial charge in [0.25, 0.3) is 0 Å². The Kier molecular flexibility index (Phi) is 14.1. The fourth-order valence-corrected chi connectivity index (χ4v) is 2.59. The Morgan fingerprint density at radius 3 is 1.29 bits per heavy atom. The van der Waals surface area contributed by atoms with Gasteiger partial charge in [0, 0.05) is 28.4 Å². The minimum Gasteiger partial charge on any atom is -0.467 e. The SMILES string of the molecule is COCOc1cccc(OCOC)c1Br.COCOc1cccc(OCOC)c1C=O. The van der Waals surface area contributed by atoms with Crippen LogP contribution in [-0.2, 0) is 18.9 Å². The lowest BCUT2D eigenvalue weighted by Crippen LogP contribution is -2.05. The van der Waals surface area contributed by atoms with Crippen LogP contribution in [0.4, 0.5) is 0 Å². The first-order valence-corrected chi connectivity index (χ1v) is 9.75. The molecule has 0 aromatic heterocycles. The number of aldehydes is 1. The highest BCUT2D eigenvalue weighted by atomic mass is 79.9. The third-order valence-corrected chi connectivity index (χ3v) is 4.18. The molecule has 0 amide bonds. The van der Waals surface area contributed by atoms with Crippen LogP contribution in [0.1, 0.15) is 10.4 Å². The zero-order valence-corrected chi connectivity index (χ0v) is 19.5. The van der Waals surface area contributed by atoms with Crippen molar-refractivity contribution in [2.45, 2.75) is 0 Å². The van der Waals surface area contributed by atoms with Crippen molar-refractivity contribution in [3.8, 4) is 23.0 Å². The molecule has 0 fully saturated rings. The van der Waals surface area contributed by atoms with Crippen LogP contribution in [0, 0.1) is 0 Å². The van der Waals surface area contributed by atoms with Gasteiger partial charge in [0.15, 0.2) is 33.5 Å². The van der Waals surface area contributed by atoms with E-state index in [9.17, 15) is 4.79 Å². The Morgan fingerprint density at radius 1 is 0.645 bits per heavy atom. The van der Waals surface area contributed by atoms with E-state index in [1.165, 1.54) is 14.2 Å². The first kappa shape index (κ1) is 26.7. The van der Waals surface area contributed by atoms with Crippen molar-refractivity contribution in [2.75, 3.05) is 55.6 Å². The summed E-state index contributed by atoms with van der Waals surface area (Å²) in [7, 11) is 6.15. The van der Waals surface area contributed by atoms with Crippen LogP contribution in [-0.4, -0.2) is 61.9 Å². The maximum Gasteiger partial charge on any atom is 0.188 e. The molecule has 2 rings (SSSR count). The highest BCUT2D eigenvalue weighted by molar-refractivity contribution is 9.10. The molecule has 31 heavy (non-hydrogen) atoms. The maximum atomic E-state index is 10.9. The standard InChI is InChI=1S/C11H14O5.C10H13BrO4/c1-13-7-15-10-4-3-5-11(9(10)6-12)16-8-14-2;1-12-6-14-8-4-3-5-9(10(8)11)15-7-13-2/h3-6H,7-8H2,1-2H3;3-5H,6-7H2,1-2H3. The predicted molar refractivity (Wildman–Crippen MR) is 116 cm³/mol. The lowest BCUT2D eigenvalue weighted by Gasteiger charge is -2.11. The number of benzene rings is 2. The molecule has 10 heteroatoms. The molecule has 172 valence electrons. The lowest BCUT2D eigenvalue weighted by atomic mass is 10.2. The van der Waals surface area contributed by atoms with Gasteiger partial charge in [0.2, 0.25) is 0 Å². The van der Waals surface area contributed by atoms with Gasteiger partial charge in [-0.15, -0.1) is 0 Å².